The number of hydrogen-bond donors (Lipinski definition) is 2. The average molecular weight is 330 g/mol. The number of carboxylic acids is 1. The van der Waals surface area contributed by atoms with Crippen molar-refractivity contribution in [3.8, 4) is 0 Å². The third kappa shape index (κ3) is 4.42. The van der Waals surface area contributed by atoms with Crippen LogP contribution in [0.3, 0.4) is 0 Å². The summed E-state index contributed by atoms with van der Waals surface area (Å²) in [6.45, 7) is 0.702. The van der Waals surface area contributed by atoms with Gasteiger partial charge >= 0.3 is 5.97 Å². The van der Waals surface area contributed by atoms with Gasteiger partial charge in [-0.05, 0) is 37.0 Å². The van der Waals surface area contributed by atoms with Crippen LogP contribution in [0.5, 0.6) is 0 Å². The van der Waals surface area contributed by atoms with Crippen LogP contribution in [0.1, 0.15) is 37.3 Å². The van der Waals surface area contributed by atoms with E-state index in [1.54, 1.807) is 0 Å². The fourth-order valence-electron chi connectivity index (χ4n) is 2.38. The summed E-state index contributed by atoms with van der Waals surface area (Å²) in [5.74, 6) is -2.38. The summed E-state index contributed by atoms with van der Waals surface area (Å²) in [4.78, 5) is 23.2. The van der Waals surface area contributed by atoms with Gasteiger partial charge in [-0.15, -0.1) is 0 Å². The zero-order valence-corrected chi connectivity index (χ0v) is 12.6. The summed E-state index contributed by atoms with van der Waals surface area (Å²) in [5.41, 5.74) is 0.139. The van der Waals surface area contributed by atoms with Crippen molar-refractivity contribution < 1.29 is 23.8 Å². The molecule has 7 heteroatoms. The second-order valence-corrected chi connectivity index (χ2v) is 5.59. The summed E-state index contributed by atoms with van der Waals surface area (Å²) in [6, 6.07) is 2.36. The first kappa shape index (κ1) is 16.7. The zero-order chi connectivity index (χ0) is 16.1. The molecule has 1 aliphatic heterocycles. The smallest absolute Gasteiger partial charge is 0.330 e. The molecule has 0 saturated carbocycles. The normalized spacial score (nSPS) is 18.9. The molecule has 2 unspecified atom stereocenters. The lowest BCUT2D eigenvalue weighted by molar-refractivity contribution is -0.142. The number of aliphatic carboxylic acids is 1. The van der Waals surface area contributed by atoms with Gasteiger partial charge in [0.05, 0.1) is 11.1 Å². The number of carbonyl (C=O) groups is 2. The molecule has 120 valence electrons. The quantitative estimate of drug-likeness (QED) is 0.841. The Balaban J connectivity index is 1.97. The maximum atomic E-state index is 13.4. The molecule has 2 atom stereocenters. The van der Waals surface area contributed by atoms with E-state index in [1.165, 1.54) is 12.1 Å². The molecular formula is C15H17ClFNO4. The SMILES string of the molecule is O=C(CCC1CCCO1)NC(C(=O)O)c1ccc(Cl)c(F)c1. The molecule has 0 aromatic heterocycles. The minimum atomic E-state index is -1.30. The van der Waals surface area contributed by atoms with Gasteiger partial charge in [0.25, 0.3) is 0 Å². The van der Waals surface area contributed by atoms with Gasteiger partial charge in [0.1, 0.15) is 5.82 Å². The standard InChI is InChI=1S/C15H17ClFNO4/c16-11-5-3-9(8-12(11)17)14(15(20)21)18-13(19)6-4-10-2-1-7-22-10/h3,5,8,10,14H,1-2,4,6-7H2,(H,18,19)(H,20,21). The van der Waals surface area contributed by atoms with Crippen molar-refractivity contribution in [1.29, 1.82) is 0 Å². The summed E-state index contributed by atoms with van der Waals surface area (Å²) in [6.07, 6.45) is 2.67. The largest absolute Gasteiger partial charge is 0.479 e. The second kappa shape index (κ2) is 7.56. The fourth-order valence-corrected chi connectivity index (χ4v) is 2.49. The molecule has 1 aliphatic rings. The number of rotatable bonds is 6. The first-order valence-corrected chi connectivity index (χ1v) is 7.44. The van der Waals surface area contributed by atoms with Crippen molar-refractivity contribution in [3.05, 3.63) is 34.6 Å². The molecule has 0 bridgehead atoms. The first-order valence-electron chi connectivity index (χ1n) is 7.06. The maximum absolute atomic E-state index is 13.4. The molecule has 1 fully saturated rings. The van der Waals surface area contributed by atoms with E-state index in [-0.39, 0.29) is 23.1 Å². The Kier molecular flexibility index (Phi) is 5.74. The predicted molar refractivity (Wildman–Crippen MR) is 78.1 cm³/mol. The third-order valence-electron chi connectivity index (χ3n) is 3.55. The Morgan fingerprint density at radius 1 is 1.50 bits per heavy atom. The van der Waals surface area contributed by atoms with Crippen LogP contribution in [0.2, 0.25) is 5.02 Å². The van der Waals surface area contributed by atoms with Gasteiger partial charge in [-0.3, -0.25) is 4.79 Å². The summed E-state index contributed by atoms with van der Waals surface area (Å²) in [7, 11) is 0. The van der Waals surface area contributed by atoms with Gasteiger partial charge in [-0.1, -0.05) is 17.7 Å². The van der Waals surface area contributed by atoms with Crippen LogP contribution in [0.15, 0.2) is 18.2 Å². The topological polar surface area (TPSA) is 75.6 Å². The predicted octanol–water partition coefficient (Wildman–Crippen LogP) is 2.68. The highest BCUT2D eigenvalue weighted by molar-refractivity contribution is 6.30. The van der Waals surface area contributed by atoms with Gasteiger partial charge in [-0.25, -0.2) is 9.18 Å². The van der Waals surface area contributed by atoms with Gasteiger partial charge < -0.3 is 15.2 Å². The Hall–Kier alpha value is -1.66. The molecule has 0 spiro atoms. The molecule has 1 saturated heterocycles. The van der Waals surface area contributed by atoms with E-state index in [0.29, 0.717) is 13.0 Å². The van der Waals surface area contributed by atoms with Crippen molar-refractivity contribution in [2.45, 2.75) is 37.8 Å². The average Bonchev–Trinajstić information content (AvgIpc) is 2.98. The molecule has 1 aromatic carbocycles. The number of hydrogen-bond acceptors (Lipinski definition) is 3. The molecule has 0 radical (unpaired) electrons. The third-order valence-corrected chi connectivity index (χ3v) is 3.85. The highest BCUT2D eigenvalue weighted by Gasteiger charge is 2.24. The minimum Gasteiger partial charge on any atom is -0.479 e. The Labute approximate surface area is 132 Å². The number of amides is 1. The van der Waals surface area contributed by atoms with E-state index < -0.39 is 23.7 Å². The summed E-state index contributed by atoms with van der Waals surface area (Å²) >= 11 is 5.57. The first-order chi connectivity index (χ1) is 10.5. The monoisotopic (exact) mass is 329 g/mol. The van der Waals surface area contributed by atoms with E-state index in [1.807, 2.05) is 0 Å². The van der Waals surface area contributed by atoms with E-state index >= 15 is 0 Å². The number of benzene rings is 1. The number of carboxylic acid groups (broad SMARTS) is 1. The van der Waals surface area contributed by atoms with Crippen LogP contribution in [0.25, 0.3) is 0 Å². The van der Waals surface area contributed by atoms with E-state index in [4.69, 9.17) is 16.3 Å². The van der Waals surface area contributed by atoms with Crippen molar-refractivity contribution in [2.75, 3.05) is 6.61 Å². The summed E-state index contributed by atoms with van der Waals surface area (Å²) in [5, 5.41) is 11.5. The zero-order valence-electron chi connectivity index (χ0n) is 11.9. The van der Waals surface area contributed by atoms with Crippen molar-refractivity contribution >= 4 is 23.5 Å². The van der Waals surface area contributed by atoms with Crippen LogP contribution in [-0.2, 0) is 14.3 Å². The number of carbonyl (C=O) groups excluding carboxylic acids is 1. The van der Waals surface area contributed by atoms with Gasteiger partial charge in [-0.2, -0.15) is 0 Å². The highest BCUT2D eigenvalue weighted by atomic mass is 35.5. The number of nitrogens with one attached hydrogen (secondary N) is 1. The van der Waals surface area contributed by atoms with Crippen LogP contribution in [-0.4, -0.2) is 29.7 Å². The second-order valence-electron chi connectivity index (χ2n) is 5.19. The molecule has 1 aromatic rings. The molecular weight excluding hydrogens is 313 g/mol. The van der Waals surface area contributed by atoms with E-state index in [9.17, 15) is 19.1 Å². The van der Waals surface area contributed by atoms with Crippen LogP contribution < -0.4 is 5.32 Å². The molecule has 1 amide bonds. The van der Waals surface area contributed by atoms with Crippen LogP contribution >= 0.6 is 11.6 Å². The molecule has 0 aliphatic carbocycles. The van der Waals surface area contributed by atoms with E-state index in [0.717, 1.165) is 18.9 Å². The van der Waals surface area contributed by atoms with Crippen LogP contribution in [0.4, 0.5) is 4.39 Å². The molecule has 5 nitrogen and oxygen atoms in total. The number of ether oxygens (including phenoxy) is 1. The molecule has 2 N–H and O–H groups in total. The Bertz CT molecular complexity index is 560. The summed E-state index contributed by atoms with van der Waals surface area (Å²) < 4.78 is 18.8. The molecule has 22 heavy (non-hydrogen) atoms. The lowest BCUT2D eigenvalue weighted by Crippen LogP contribution is -2.34. The Morgan fingerprint density at radius 3 is 2.86 bits per heavy atom. The van der Waals surface area contributed by atoms with Gasteiger partial charge in [0.15, 0.2) is 6.04 Å². The van der Waals surface area contributed by atoms with Gasteiger partial charge in [0.2, 0.25) is 5.91 Å². The van der Waals surface area contributed by atoms with Crippen molar-refractivity contribution in [1.82, 2.24) is 5.32 Å². The van der Waals surface area contributed by atoms with Gasteiger partial charge in [0, 0.05) is 13.0 Å². The maximum Gasteiger partial charge on any atom is 0.330 e. The molecule has 2 rings (SSSR count). The minimum absolute atomic E-state index is 0.0574. The Morgan fingerprint density at radius 2 is 2.27 bits per heavy atom. The highest BCUT2D eigenvalue weighted by Crippen LogP contribution is 2.21. The van der Waals surface area contributed by atoms with E-state index in [2.05, 4.69) is 5.32 Å². The lowest BCUT2D eigenvalue weighted by atomic mass is 10.1. The van der Waals surface area contributed by atoms with Crippen LogP contribution in [0, 0.1) is 5.82 Å². The molecule has 1 heterocycles. The number of halogens is 2. The lowest BCUT2D eigenvalue weighted by Gasteiger charge is -2.16. The van der Waals surface area contributed by atoms with Crippen molar-refractivity contribution in [2.24, 2.45) is 0 Å². The van der Waals surface area contributed by atoms with Crippen molar-refractivity contribution in [3.63, 3.8) is 0 Å². The fraction of sp³-hybridized carbons (Fsp3) is 0.467.